The van der Waals surface area contributed by atoms with E-state index in [1.807, 2.05) is 13.0 Å². The quantitative estimate of drug-likeness (QED) is 0.891. The first-order chi connectivity index (χ1) is 9.54. The number of hydrogen-bond acceptors (Lipinski definition) is 5. The standard InChI is InChI=1S/C13H20N4O2S/c1-10-8-13(15-9-14-10)17-6-4-11(5-7-17)16-20(18,19)12-2-3-12/h8-9,11-12,16H,2-7H2,1H3. The van der Waals surface area contributed by atoms with Gasteiger partial charge in [-0.05, 0) is 32.6 Å². The highest BCUT2D eigenvalue weighted by molar-refractivity contribution is 7.90. The Morgan fingerprint density at radius 3 is 2.50 bits per heavy atom. The van der Waals surface area contributed by atoms with Crippen LogP contribution in [0.1, 0.15) is 31.4 Å². The van der Waals surface area contributed by atoms with Crippen LogP contribution in [0, 0.1) is 6.92 Å². The molecule has 0 radical (unpaired) electrons. The van der Waals surface area contributed by atoms with E-state index in [0.717, 1.165) is 50.3 Å². The van der Waals surface area contributed by atoms with E-state index in [1.165, 1.54) is 0 Å². The zero-order chi connectivity index (χ0) is 14.2. The zero-order valence-electron chi connectivity index (χ0n) is 11.6. The molecule has 7 heteroatoms. The molecule has 1 aromatic heterocycles. The van der Waals surface area contributed by atoms with Crippen molar-refractivity contribution in [2.45, 2.75) is 43.9 Å². The second-order valence-corrected chi connectivity index (χ2v) is 7.63. The normalized spacial score (nSPS) is 21.1. The molecule has 0 amide bonds. The fourth-order valence-electron chi connectivity index (χ4n) is 2.55. The molecule has 0 atom stereocenters. The monoisotopic (exact) mass is 296 g/mol. The molecule has 6 nitrogen and oxygen atoms in total. The number of nitrogens with zero attached hydrogens (tertiary/aromatic N) is 3. The molecule has 0 aromatic carbocycles. The third-order valence-corrected chi connectivity index (χ3v) is 5.91. The number of rotatable bonds is 4. The third kappa shape index (κ3) is 3.09. The minimum Gasteiger partial charge on any atom is -0.356 e. The first-order valence-corrected chi connectivity index (χ1v) is 8.64. The van der Waals surface area contributed by atoms with Crippen molar-refractivity contribution < 1.29 is 8.42 Å². The van der Waals surface area contributed by atoms with E-state index < -0.39 is 10.0 Å². The van der Waals surface area contributed by atoms with Gasteiger partial charge in [0.1, 0.15) is 12.1 Å². The average molecular weight is 296 g/mol. The summed E-state index contributed by atoms with van der Waals surface area (Å²) in [6.45, 7) is 3.60. The fraction of sp³-hybridized carbons (Fsp3) is 0.692. The molecule has 20 heavy (non-hydrogen) atoms. The summed E-state index contributed by atoms with van der Waals surface area (Å²) in [6.07, 6.45) is 4.86. The van der Waals surface area contributed by atoms with Crippen molar-refractivity contribution in [1.82, 2.24) is 14.7 Å². The number of hydrogen-bond donors (Lipinski definition) is 1. The molecule has 1 aliphatic heterocycles. The smallest absolute Gasteiger partial charge is 0.214 e. The fourth-order valence-corrected chi connectivity index (χ4v) is 4.20. The van der Waals surface area contributed by atoms with Crippen LogP contribution >= 0.6 is 0 Å². The van der Waals surface area contributed by atoms with Gasteiger partial charge >= 0.3 is 0 Å². The number of anilines is 1. The molecular formula is C13H20N4O2S. The minimum atomic E-state index is -3.07. The number of nitrogens with one attached hydrogen (secondary N) is 1. The van der Waals surface area contributed by atoms with E-state index in [1.54, 1.807) is 6.33 Å². The molecule has 3 rings (SSSR count). The Bertz CT molecular complexity index is 578. The molecule has 0 spiro atoms. The summed E-state index contributed by atoms with van der Waals surface area (Å²) in [6, 6.07) is 2.04. The van der Waals surface area contributed by atoms with Crippen molar-refractivity contribution in [1.29, 1.82) is 0 Å². The molecule has 1 saturated carbocycles. The lowest BCUT2D eigenvalue weighted by molar-refractivity contribution is 0.458. The van der Waals surface area contributed by atoms with Gasteiger partial charge in [0.25, 0.3) is 0 Å². The van der Waals surface area contributed by atoms with Gasteiger partial charge in [-0.2, -0.15) is 0 Å². The summed E-state index contributed by atoms with van der Waals surface area (Å²) in [7, 11) is -3.07. The van der Waals surface area contributed by atoms with E-state index >= 15 is 0 Å². The maximum atomic E-state index is 11.9. The van der Waals surface area contributed by atoms with Crippen molar-refractivity contribution in [3.63, 3.8) is 0 Å². The SMILES string of the molecule is Cc1cc(N2CCC(NS(=O)(=O)C3CC3)CC2)ncn1. The highest BCUT2D eigenvalue weighted by atomic mass is 32.2. The highest BCUT2D eigenvalue weighted by Gasteiger charge is 2.37. The Balaban J connectivity index is 1.57. The molecule has 2 heterocycles. The van der Waals surface area contributed by atoms with Gasteiger partial charge in [-0.25, -0.2) is 23.1 Å². The molecule has 0 bridgehead atoms. The maximum Gasteiger partial charge on any atom is 0.214 e. The molecule has 2 aliphatic rings. The summed E-state index contributed by atoms with van der Waals surface area (Å²) in [4.78, 5) is 10.6. The molecule has 1 saturated heterocycles. The van der Waals surface area contributed by atoms with Gasteiger partial charge in [0.2, 0.25) is 10.0 Å². The second kappa shape index (κ2) is 5.29. The topological polar surface area (TPSA) is 75.2 Å². The predicted octanol–water partition coefficient (Wildman–Crippen LogP) is 0.836. The molecule has 2 fully saturated rings. The lowest BCUT2D eigenvalue weighted by Gasteiger charge is -2.33. The Morgan fingerprint density at radius 1 is 1.20 bits per heavy atom. The van der Waals surface area contributed by atoms with E-state index in [2.05, 4.69) is 19.6 Å². The number of sulfonamides is 1. The molecular weight excluding hydrogens is 276 g/mol. The number of aryl methyl sites for hydroxylation is 1. The van der Waals surface area contributed by atoms with Gasteiger partial charge in [0, 0.05) is 30.9 Å². The van der Waals surface area contributed by atoms with E-state index in [-0.39, 0.29) is 11.3 Å². The van der Waals surface area contributed by atoms with Crippen molar-refractivity contribution in [3.05, 3.63) is 18.1 Å². The van der Waals surface area contributed by atoms with Crippen LogP contribution < -0.4 is 9.62 Å². The van der Waals surface area contributed by atoms with Crippen LogP contribution in [-0.4, -0.2) is 42.8 Å². The van der Waals surface area contributed by atoms with Gasteiger partial charge in [0.05, 0.1) is 5.25 Å². The van der Waals surface area contributed by atoms with Gasteiger partial charge in [-0.3, -0.25) is 0 Å². The van der Waals surface area contributed by atoms with Gasteiger partial charge in [-0.1, -0.05) is 0 Å². The van der Waals surface area contributed by atoms with E-state index in [9.17, 15) is 8.42 Å². The van der Waals surface area contributed by atoms with Crippen molar-refractivity contribution in [2.24, 2.45) is 0 Å². The largest absolute Gasteiger partial charge is 0.356 e. The van der Waals surface area contributed by atoms with Crippen molar-refractivity contribution in [2.75, 3.05) is 18.0 Å². The minimum absolute atomic E-state index is 0.0692. The summed E-state index contributed by atoms with van der Waals surface area (Å²) in [5.41, 5.74) is 0.951. The summed E-state index contributed by atoms with van der Waals surface area (Å²) in [5, 5.41) is -0.134. The molecule has 0 unspecified atom stereocenters. The Morgan fingerprint density at radius 2 is 1.90 bits per heavy atom. The van der Waals surface area contributed by atoms with Crippen LogP contribution in [0.2, 0.25) is 0 Å². The second-order valence-electron chi connectivity index (χ2n) is 5.64. The van der Waals surface area contributed by atoms with Crippen LogP contribution in [-0.2, 0) is 10.0 Å². The lowest BCUT2D eigenvalue weighted by Crippen LogP contribution is -2.45. The van der Waals surface area contributed by atoms with Crippen LogP contribution in [0.25, 0.3) is 0 Å². The first-order valence-electron chi connectivity index (χ1n) is 7.09. The Kier molecular flexibility index (Phi) is 3.64. The van der Waals surface area contributed by atoms with Crippen molar-refractivity contribution >= 4 is 15.8 Å². The van der Waals surface area contributed by atoms with Crippen LogP contribution in [0.5, 0.6) is 0 Å². The first kappa shape index (κ1) is 13.8. The summed E-state index contributed by atoms with van der Waals surface area (Å²) >= 11 is 0. The van der Waals surface area contributed by atoms with Gasteiger partial charge in [0.15, 0.2) is 0 Å². The lowest BCUT2D eigenvalue weighted by atomic mass is 10.1. The predicted molar refractivity (Wildman–Crippen MR) is 77.1 cm³/mol. The molecule has 1 aliphatic carbocycles. The summed E-state index contributed by atoms with van der Waals surface area (Å²) in [5.74, 6) is 0.931. The Hall–Kier alpha value is -1.21. The van der Waals surface area contributed by atoms with Gasteiger partial charge < -0.3 is 4.90 Å². The van der Waals surface area contributed by atoms with Crippen LogP contribution in [0.3, 0.4) is 0 Å². The number of piperidine rings is 1. The third-order valence-electron chi connectivity index (χ3n) is 3.90. The van der Waals surface area contributed by atoms with E-state index in [4.69, 9.17) is 0 Å². The number of aromatic nitrogens is 2. The summed E-state index contributed by atoms with van der Waals surface area (Å²) < 4.78 is 26.7. The Labute approximate surface area is 119 Å². The van der Waals surface area contributed by atoms with Crippen LogP contribution in [0.4, 0.5) is 5.82 Å². The maximum absolute atomic E-state index is 11.9. The van der Waals surface area contributed by atoms with Crippen LogP contribution in [0.15, 0.2) is 12.4 Å². The molecule has 110 valence electrons. The van der Waals surface area contributed by atoms with E-state index in [0.29, 0.717) is 0 Å². The average Bonchev–Trinajstić information content (AvgIpc) is 3.24. The molecule has 1 aromatic rings. The highest BCUT2D eigenvalue weighted by Crippen LogP contribution is 2.28. The van der Waals surface area contributed by atoms with Gasteiger partial charge in [-0.15, -0.1) is 0 Å². The zero-order valence-corrected chi connectivity index (χ0v) is 12.4. The molecule has 1 N–H and O–H groups in total. The van der Waals surface area contributed by atoms with Crippen molar-refractivity contribution in [3.8, 4) is 0 Å².